The molecule has 0 saturated heterocycles. The Labute approximate surface area is 105 Å². The van der Waals surface area contributed by atoms with E-state index < -0.39 is 0 Å². The van der Waals surface area contributed by atoms with Crippen molar-refractivity contribution in [2.75, 3.05) is 12.8 Å². The average Bonchev–Trinajstić information content (AvgIpc) is 2.91. The van der Waals surface area contributed by atoms with Crippen LogP contribution in [0.3, 0.4) is 0 Å². The van der Waals surface area contributed by atoms with Crippen molar-refractivity contribution in [3.8, 4) is 5.88 Å². The highest BCUT2D eigenvalue weighted by molar-refractivity contribution is 5.79. The zero-order valence-corrected chi connectivity index (χ0v) is 10.6. The fourth-order valence-electron chi connectivity index (χ4n) is 2.89. The highest BCUT2D eigenvalue weighted by Crippen LogP contribution is 2.39. The van der Waals surface area contributed by atoms with Crippen molar-refractivity contribution in [3.63, 3.8) is 0 Å². The highest BCUT2D eigenvalue weighted by Gasteiger charge is 2.29. The number of imidazole rings is 1. The van der Waals surface area contributed by atoms with Gasteiger partial charge in [0, 0.05) is 6.04 Å². The van der Waals surface area contributed by atoms with Crippen LogP contribution in [0.15, 0.2) is 6.33 Å². The second-order valence-electron chi connectivity index (χ2n) is 4.87. The molecule has 3 rings (SSSR count). The molecule has 2 N–H and O–H groups in total. The SMILES string of the molecule is COc1ncnc2c1nc(N)n2C1CCCC1C. The molecule has 96 valence electrons. The summed E-state index contributed by atoms with van der Waals surface area (Å²) < 4.78 is 7.24. The van der Waals surface area contributed by atoms with E-state index in [1.54, 1.807) is 7.11 Å². The van der Waals surface area contributed by atoms with Crippen LogP contribution >= 0.6 is 0 Å². The number of fused-ring (bicyclic) bond motifs is 1. The van der Waals surface area contributed by atoms with Crippen LogP contribution in [0.1, 0.15) is 32.2 Å². The number of aromatic nitrogens is 4. The van der Waals surface area contributed by atoms with E-state index in [0.29, 0.717) is 29.3 Å². The van der Waals surface area contributed by atoms with Gasteiger partial charge in [-0.05, 0) is 18.8 Å². The molecule has 1 aliphatic rings. The topological polar surface area (TPSA) is 78.8 Å². The van der Waals surface area contributed by atoms with Gasteiger partial charge in [-0.15, -0.1) is 0 Å². The number of nitrogen functional groups attached to an aromatic ring is 1. The number of hydrogen-bond acceptors (Lipinski definition) is 5. The van der Waals surface area contributed by atoms with Gasteiger partial charge >= 0.3 is 0 Å². The zero-order chi connectivity index (χ0) is 12.7. The molecular formula is C12H17N5O. The predicted molar refractivity (Wildman–Crippen MR) is 68.3 cm³/mol. The molecule has 1 fully saturated rings. The van der Waals surface area contributed by atoms with Crippen LogP contribution in [0.5, 0.6) is 5.88 Å². The van der Waals surface area contributed by atoms with Crippen LogP contribution < -0.4 is 10.5 Å². The Balaban J connectivity index is 2.20. The van der Waals surface area contributed by atoms with Gasteiger partial charge in [0.2, 0.25) is 11.8 Å². The van der Waals surface area contributed by atoms with E-state index in [1.165, 1.54) is 19.2 Å². The van der Waals surface area contributed by atoms with Crippen LogP contribution in [-0.4, -0.2) is 26.6 Å². The summed E-state index contributed by atoms with van der Waals surface area (Å²) in [6.07, 6.45) is 5.08. The minimum Gasteiger partial charge on any atom is -0.479 e. The Bertz CT molecular complexity index is 579. The van der Waals surface area contributed by atoms with Crippen LogP contribution in [0.25, 0.3) is 11.2 Å². The Kier molecular flexibility index (Phi) is 2.57. The largest absolute Gasteiger partial charge is 0.479 e. The van der Waals surface area contributed by atoms with E-state index in [1.807, 2.05) is 4.57 Å². The van der Waals surface area contributed by atoms with Gasteiger partial charge < -0.3 is 10.5 Å². The number of nitrogens with zero attached hydrogens (tertiary/aromatic N) is 4. The molecule has 0 aromatic carbocycles. The molecule has 0 spiro atoms. The van der Waals surface area contributed by atoms with Crippen molar-refractivity contribution >= 4 is 17.1 Å². The van der Waals surface area contributed by atoms with Crippen LogP contribution in [0, 0.1) is 5.92 Å². The van der Waals surface area contributed by atoms with Gasteiger partial charge in [0.25, 0.3) is 0 Å². The molecule has 2 unspecified atom stereocenters. The summed E-state index contributed by atoms with van der Waals surface area (Å²) in [5.41, 5.74) is 7.47. The van der Waals surface area contributed by atoms with Crippen molar-refractivity contribution in [2.24, 2.45) is 5.92 Å². The fraction of sp³-hybridized carbons (Fsp3) is 0.583. The molecular weight excluding hydrogens is 230 g/mol. The lowest BCUT2D eigenvalue weighted by Gasteiger charge is -2.18. The van der Waals surface area contributed by atoms with Crippen LogP contribution in [0.2, 0.25) is 0 Å². The molecule has 18 heavy (non-hydrogen) atoms. The van der Waals surface area contributed by atoms with Crippen molar-refractivity contribution in [1.82, 2.24) is 19.5 Å². The third kappa shape index (κ3) is 1.52. The maximum Gasteiger partial charge on any atom is 0.245 e. The standard InChI is InChI=1S/C12H17N5O/c1-7-4-3-5-8(7)17-10-9(16-12(17)13)11(18-2)15-6-14-10/h6-8H,3-5H2,1-2H3,(H2,13,16). The number of methoxy groups -OCH3 is 1. The highest BCUT2D eigenvalue weighted by atomic mass is 16.5. The molecule has 2 aromatic rings. The van der Waals surface area contributed by atoms with Gasteiger partial charge in [0.05, 0.1) is 7.11 Å². The van der Waals surface area contributed by atoms with E-state index in [0.717, 1.165) is 12.1 Å². The molecule has 6 nitrogen and oxygen atoms in total. The van der Waals surface area contributed by atoms with Gasteiger partial charge in [-0.25, -0.2) is 9.97 Å². The van der Waals surface area contributed by atoms with E-state index >= 15 is 0 Å². The summed E-state index contributed by atoms with van der Waals surface area (Å²) in [6, 6.07) is 0.384. The number of anilines is 1. The predicted octanol–water partition coefficient (Wildman–Crippen LogP) is 1.78. The Morgan fingerprint density at radius 3 is 2.89 bits per heavy atom. The minimum absolute atomic E-state index is 0.384. The quantitative estimate of drug-likeness (QED) is 0.875. The molecule has 1 aliphatic carbocycles. The molecule has 0 radical (unpaired) electrons. The lowest BCUT2D eigenvalue weighted by atomic mass is 10.1. The summed E-state index contributed by atoms with van der Waals surface area (Å²) in [5.74, 6) is 1.59. The number of nitrogens with two attached hydrogens (primary N) is 1. The van der Waals surface area contributed by atoms with Crippen LogP contribution in [0.4, 0.5) is 5.95 Å². The number of rotatable bonds is 2. The smallest absolute Gasteiger partial charge is 0.245 e. The van der Waals surface area contributed by atoms with E-state index in [-0.39, 0.29) is 0 Å². The van der Waals surface area contributed by atoms with Crippen molar-refractivity contribution in [3.05, 3.63) is 6.33 Å². The normalized spacial score (nSPS) is 23.7. The first-order valence-electron chi connectivity index (χ1n) is 6.24. The fourth-order valence-corrected chi connectivity index (χ4v) is 2.89. The third-order valence-electron chi connectivity index (χ3n) is 3.81. The molecule has 0 bridgehead atoms. The van der Waals surface area contributed by atoms with Gasteiger partial charge in [0.1, 0.15) is 6.33 Å². The maximum absolute atomic E-state index is 6.05. The first kappa shape index (κ1) is 11.3. The third-order valence-corrected chi connectivity index (χ3v) is 3.81. The molecule has 6 heteroatoms. The lowest BCUT2D eigenvalue weighted by Crippen LogP contribution is -2.14. The molecule has 2 heterocycles. The van der Waals surface area contributed by atoms with Gasteiger partial charge in [-0.1, -0.05) is 13.3 Å². The molecule has 0 aliphatic heterocycles. The Morgan fingerprint density at radius 1 is 1.39 bits per heavy atom. The second-order valence-corrected chi connectivity index (χ2v) is 4.87. The monoisotopic (exact) mass is 247 g/mol. The summed E-state index contributed by atoms with van der Waals surface area (Å²) >= 11 is 0. The van der Waals surface area contributed by atoms with Gasteiger partial charge in [-0.2, -0.15) is 4.98 Å². The number of hydrogen-bond donors (Lipinski definition) is 1. The van der Waals surface area contributed by atoms with Crippen LogP contribution in [-0.2, 0) is 0 Å². The average molecular weight is 247 g/mol. The number of ether oxygens (including phenoxy) is 1. The van der Waals surface area contributed by atoms with Crippen molar-refractivity contribution in [1.29, 1.82) is 0 Å². The molecule has 2 atom stereocenters. The van der Waals surface area contributed by atoms with Gasteiger partial charge in [-0.3, -0.25) is 4.57 Å². The minimum atomic E-state index is 0.384. The summed E-state index contributed by atoms with van der Waals surface area (Å²) in [5, 5.41) is 0. The van der Waals surface area contributed by atoms with E-state index in [9.17, 15) is 0 Å². The van der Waals surface area contributed by atoms with Crippen molar-refractivity contribution < 1.29 is 4.74 Å². The second kappa shape index (κ2) is 4.12. The lowest BCUT2D eigenvalue weighted by molar-refractivity contribution is 0.400. The molecule has 2 aromatic heterocycles. The first-order valence-corrected chi connectivity index (χ1v) is 6.24. The summed E-state index contributed by atoms with van der Waals surface area (Å²) in [4.78, 5) is 12.7. The zero-order valence-electron chi connectivity index (χ0n) is 10.6. The summed E-state index contributed by atoms with van der Waals surface area (Å²) in [7, 11) is 1.58. The first-order chi connectivity index (χ1) is 8.72. The molecule has 0 amide bonds. The molecule has 1 saturated carbocycles. The van der Waals surface area contributed by atoms with E-state index in [4.69, 9.17) is 10.5 Å². The van der Waals surface area contributed by atoms with Crippen molar-refractivity contribution in [2.45, 2.75) is 32.2 Å². The van der Waals surface area contributed by atoms with Gasteiger partial charge in [0.15, 0.2) is 11.2 Å². The Morgan fingerprint density at radius 2 is 2.22 bits per heavy atom. The maximum atomic E-state index is 6.05. The Hall–Kier alpha value is -1.85. The summed E-state index contributed by atoms with van der Waals surface area (Å²) in [6.45, 7) is 2.25. The van der Waals surface area contributed by atoms with E-state index in [2.05, 4.69) is 21.9 Å².